The number of rotatable bonds is 3. The van der Waals surface area contributed by atoms with Gasteiger partial charge in [0.25, 0.3) is 0 Å². The monoisotopic (exact) mass is 323 g/mol. The smallest absolute Gasteiger partial charge is 0.419 e. The van der Waals surface area contributed by atoms with E-state index in [1.807, 2.05) is 0 Å². The lowest BCUT2D eigenvalue weighted by Crippen LogP contribution is -2.36. The Hall–Kier alpha value is -1.83. The number of nitrogens with one attached hydrogen (secondary N) is 1. The molecule has 8 heteroatoms. The summed E-state index contributed by atoms with van der Waals surface area (Å²) < 4.78 is 56.2. The number of benzene rings is 1. The Balaban J connectivity index is 2.99. The zero-order valence-electron chi connectivity index (χ0n) is 12.3. The minimum absolute atomic E-state index is 0.0814. The number of aliphatic hydroxyl groups excluding tert-OH is 1. The van der Waals surface area contributed by atoms with Crippen LogP contribution in [0.2, 0.25) is 0 Å². The summed E-state index contributed by atoms with van der Waals surface area (Å²) in [6.07, 6.45) is -5.77. The van der Waals surface area contributed by atoms with Gasteiger partial charge in [0.2, 0.25) is 0 Å². The third-order valence-electron chi connectivity index (χ3n) is 2.57. The van der Waals surface area contributed by atoms with Crippen molar-refractivity contribution in [2.45, 2.75) is 38.6 Å². The molecule has 1 rings (SSSR count). The molecule has 124 valence electrons. The van der Waals surface area contributed by atoms with Crippen LogP contribution in [0.1, 0.15) is 37.9 Å². The van der Waals surface area contributed by atoms with Crippen LogP contribution >= 0.6 is 0 Å². The number of carbonyl (C=O) groups is 1. The van der Waals surface area contributed by atoms with Crippen molar-refractivity contribution in [2.75, 3.05) is 6.61 Å². The maximum Gasteiger partial charge on any atom is 0.419 e. The molecule has 1 aromatic rings. The molecule has 1 amide bonds. The third kappa shape index (κ3) is 5.18. The van der Waals surface area contributed by atoms with E-state index in [-0.39, 0.29) is 5.56 Å². The molecule has 0 saturated heterocycles. The number of alkyl carbamates (subject to hydrolysis) is 1. The molecule has 4 nitrogen and oxygen atoms in total. The number of hydrogen-bond acceptors (Lipinski definition) is 3. The predicted octanol–water partition coefficient (Wildman–Crippen LogP) is 3.40. The topological polar surface area (TPSA) is 58.6 Å². The van der Waals surface area contributed by atoms with E-state index in [1.165, 1.54) is 0 Å². The van der Waals surface area contributed by atoms with Gasteiger partial charge in [-0.2, -0.15) is 13.2 Å². The molecule has 0 heterocycles. The molecule has 0 fully saturated rings. The van der Waals surface area contributed by atoms with Crippen LogP contribution in [0, 0.1) is 5.82 Å². The fourth-order valence-corrected chi connectivity index (χ4v) is 1.66. The Labute approximate surface area is 125 Å². The molecule has 1 atom stereocenters. The molecule has 0 bridgehead atoms. The number of aliphatic hydroxyl groups is 1. The first-order valence-corrected chi connectivity index (χ1v) is 6.41. The first-order chi connectivity index (χ1) is 9.94. The van der Waals surface area contributed by atoms with Crippen molar-refractivity contribution < 1.29 is 32.2 Å². The Morgan fingerprint density at radius 1 is 1.32 bits per heavy atom. The molecule has 1 aromatic carbocycles. The SMILES string of the molecule is CC(C)(C)OC(=O)NC(CO)c1ccc(F)c(C(F)(F)F)c1. The van der Waals surface area contributed by atoms with Crippen molar-refractivity contribution in [1.29, 1.82) is 0 Å². The molecular weight excluding hydrogens is 306 g/mol. The van der Waals surface area contributed by atoms with Crippen LogP contribution in [0.5, 0.6) is 0 Å². The lowest BCUT2D eigenvalue weighted by molar-refractivity contribution is -0.140. The quantitative estimate of drug-likeness (QED) is 0.838. The Morgan fingerprint density at radius 3 is 2.36 bits per heavy atom. The Kier molecular flexibility index (Phi) is 5.39. The minimum atomic E-state index is -4.87. The number of ether oxygens (including phenoxy) is 1. The average Bonchev–Trinajstić information content (AvgIpc) is 2.33. The number of alkyl halides is 3. The molecule has 0 aliphatic rings. The van der Waals surface area contributed by atoms with Crippen LogP contribution < -0.4 is 5.32 Å². The van der Waals surface area contributed by atoms with Gasteiger partial charge in [0.1, 0.15) is 11.4 Å². The van der Waals surface area contributed by atoms with Crippen molar-refractivity contribution in [3.8, 4) is 0 Å². The van der Waals surface area contributed by atoms with Gasteiger partial charge in [0.05, 0.1) is 18.2 Å². The fourth-order valence-electron chi connectivity index (χ4n) is 1.66. The first-order valence-electron chi connectivity index (χ1n) is 6.41. The summed E-state index contributed by atoms with van der Waals surface area (Å²) in [6, 6.07) is 1.10. The lowest BCUT2D eigenvalue weighted by Gasteiger charge is -2.23. The van der Waals surface area contributed by atoms with Gasteiger partial charge in [-0.1, -0.05) is 6.07 Å². The van der Waals surface area contributed by atoms with E-state index >= 15 is 0 Å². The van der Waals surface area contributed by atoms with Crippen LogP contribution in [0.3, 0.4) is 0 Å². The summed E-state index contributed by atoms with van der Waals surface area (Å²) in [5.74, 6) is -1.43. The molecule has 0 aromatic heterocycles. The van der Waals surface area contributed by atoms with Crippen molar-refractivity contribution in [2.24, 2.45) is 0 Å². The van der Waals surface area contributed by atoms with Gasteiger partial charge >= 0.3 is 12.3 Å². The van der Waals surface area contributed by atoms with Gasteiger partial charge in [0, 0.05) is 0 Å². The number of carbonyl (C=O) groups excluding carboxylic acids is 1. The van der Waals surface area contributed by atoms with Crippen LogP contribution in [0.4, 0.5) is 22.4 Å². The zero-order chi connectivity index (χ0) is 17.1. The largest absolute Gasteiger partial charge is 0.444 e. The van der Waals surface area contributed by atoms with Crippen molar-refractivity contribution in [3.63, 3.8) is 0 Å². The highest BCUT2D eigenvalue weighted by Crippen LogP contribution is 2.33. The summed E-state index contributed by atoms with van der Waals surface area (Å²) in [5, 5.41) is 11.5. The van der Waals surface area contributed by atoms with E-state index in [0.717, 1.165) is 6.07 Å². The van der Waals surface area contributed by atoms with Gasteiger partial charge in [-0.15, -0.1) is 0 Å². The highest BCUT2D eigenvalue weighted by molar-refractivity contribution is 5.68. The molecule has 0 aliphatic heterocycles. The van der Waals surface area contributed by atoms with Crippen molar-refractivity contribution in [1.82, 2.24) is 5.32 Å². The van der Waals surface area contributed by atoms with Crippen LogP contribution in [-0.2, 0) is 10.9 Å². The Bertz CT molecular complexity index is 538. The molecule has 0 aliphatic carbocycles. The number of hydrogen-bond donors (Lipinski definition) is 2. The molecule has 0 radical (unpaired) electrons. The second kappa shape index (κ2) is 6.51. The van der Waals surface area contributed by atoms with Gasteiger partial charge in [-0.25, -0.2) is 9.18 Å². The third-order valence-corrected chi connectivity index (χ3v) is 2.57. The van der Waals surface area contributed by atoms with E-state index < -0.39 is 41.9 Å². The van der Waals surface area contributed by atoms with Gasteiger partial charge < -0.3 is 15.2 Å². The fraction of sp³-hybridized carbons (Fsp3) is 0.500. The van der Waals surface area contributed by atoms with Crippen LogP contribution in [-0.4, -0.2) is 23.4 Å². The summed E-state index contributed by atoms with van der Waals surface area (Å²) in [6.45, 7) is 4.17. The molecule has 0 spiro atoms. The first kappa shape index (κ1) is 18.2. The maximum absolute atomic E-state index is 13.2. The molecule has 1 unspecified atom stereocenters. The van der Waals surface area contributed by atoms with Gasteiger partial charge in [0.15, 0.2) is 0 Å². The normalized spacial score (nSPS) is 13.6. The van der Waals surface area contributed by atoms with Gasteiger partial charge in [-0.05, 0) is 38.5 Å². The number of amides is 1. The van der Waals surface area contributed by atoms with E-state index in [4.69, 9.17) is 4.74 Å². The molecule has 0 saturated carbocycles. The summed E-state index contributed by atoms with van der Waals surface area (Å²) >= 11 is 0. The summed E-state index contributed by atoms with van der Waals surface area (Å²) in [5.41, 5.74) is -2.35. The van der Waals surface area contributed by atoms with E-state index in [2.05, 4.69) is 5.32 Å². The second-order valence-electron chi connectivity index (χ2n) is 5.62. The standard InChI is InChI=1S/C14H17F4NO3/c1-13(2,3)22-12(21)19-11(7-20)8-4-5-10(15)9(6-8)14(16,17)18/h4-6,11,20H,7H2,1-3H3,(H,19,21). The highest BCUT2D eigenvalue weighted by Gasteiger charge is 2.35. The van der Waals surface area contributed by atoms with Crippen molar-refractivity contribution >= 4 is 6.09 Å². The molecule has 22 heavy (non-hydrogen) atoms. The summed E-state index contributed by atoms with van der Waals surface area (Å²) in [7, 11) is 0. The van der Waals surface area contributed by atoms with Crippen LogP contribution in [0.25, 0.3) is 0 Å². The summed E-state index contributed by atoms with van der Waals surface area (Å²) in [4.78, 5) is 11.6. The Morgan fingerprint density at radius 2 is 1.91 bits per heavy atom. The maximum atomic E-state index is 13.2. The second-order valence-corrected chi connectivity index (χ2v) is 5.62. The van der Waals surface area contributed by atoms with Gasteiger partial charge in [-0.3, -0.25) is 0 Å². The van der Waals surface area contributed by atoms with Crippen LogP contribution in [0.15, 0.2) is 18.2 Å². The molecular formula is C14H17F4NO3. The zero-order valence-corrected chi connectivity index (χ0v) is 12.3. The van der Waals surface area contributed by atoms with Crippen molar-refractivity contribution in [3.05, 3.63) is 35.1 Å². The lowest BCUT2D eigenvalue weighted by atomic mass is 10.0. The van der Waals surface area contributed by atoms with E-state index in [0.29, 0.717) is 12.1 Å². The number of halogens is 4. The van der Waals surface area contributed by atoms with E-state index in [1.54, 1.807) is 20.8 Å². The average molecular weight is 323 g/mol. The highest BCUT2D eigenvalue weighted by atomic mass is 19.4. The molecule has 2 N–H and O–H groups in total. The minimum Gasteiger partial charge on any atom is -0.444 e. The van der Waals surface area contributed by atoms with E-state index in [9.17, 15) is 27.5 Å². The predicted molar refractivity (Wildman–Crippen MR) is 70.6 cm³/mol.